The molecule has 21 nitrogen and oxygen atoms in total. The molecule has 0 radical (unpaired) electrons. The van der Waals surface area contributed by atoms with Crippen molar-refractivity contribution in [2.45, 2.75) is 80.4 Å². The number of amidine groups is 1. The maximum absolute atomic E-state index is 13.5. The summed E-state index contributed by atoms with van der Waals surface area (Å²) < 4.78 is 47.9. The van der Waals surface area contributed by atoms with E-state index in [1.54, 1.807) is 6.92 Å². The second-order valence-electron chi connectivity index (χ2n) is 11.1. The zero-order valence-corrected chi connectivity index (χ0v) is 27.0. The number of guanidine groups is 1. The largest absolute Gasteiger partial charge is 0.386 e. The van der Waals surface area contributed by atoms with Crippen LogP contribution in [0.25, 0.3) is 0 Å². The number of aliphatic hydroxyl groups excluding tert-OH is 2. The second-order valence-corrected chi connectivity index (χ2v) is 16.8. The van der Waals surface area contributed by atoms with Crippen LogP contribution in [0.15, 0.2) is 20.0 Å². The molecule has 3 fully saturated rings. The van der Waals surface area contributed by atoms with Gasteiger partial charge in [-0.1, -0.05) is 12.2 Å². The summed E-state index contributed by atoms with van der Waals surface area (Å²) in [5.41, 5.74) is 5.71. The number of amides is 2. The highest BCUT2D eigenvalue weighted by atomic mass is 32.7. The lowest BCUT2D eigenvalue weighted by Crippen LogP contribution is -2.57. The molecule has 0 saturated carbocycles. The van der Waals surface area contributed by atoms with Crippen LogP contribution in [-0.4, -0.2) is 148 Å². The van der Waals surface area contributed by atoms with Crippen molar-refractivity contribution < 1.29 is 56.8 Å². The standard InChI is InChI=1S/C21H29N9O12P2S2/c1-6-25-15-9(17(33)26-6)23-4-29(15)19-11(31)13-7(39-19)2-37-44(36,46)42-14-8(3-38-43(35,45)41-13)40-20(12(14)32)30-5-24-10-16(30)27-21(22)28-18(10)34/h4-5,7-16,19-20,31-32H,2-3H2,1H3,(H,35,45)(H,36,46)(H,25,26,33)(H3,22,27,28,34)/t7-,8-,9?,10?,11-,12-,13-,14-,15?,16?,19-,20-,43?,44?/m1/s1. The van der Waals surface area contributed by atoms with Crippen molar-refractivity contribution in [1.82, 2.24) is 20.4 Å². The maximum atomic E-state index is 13.5. The van der Waals surface area contributed by atoms with Gasteiger partial charge in [-0.05, 0) is 18.7 Å². The number of thiol groups is 1. The number of nitrogens with zero attached hydrogens (tertiary/aromatic N) is 6. The molecule has 7 rings (SSSR count). The summed E-state index contributed by atoms with van der Waals surface area (Å²) in [4.78, 5) is 55.4. The van der Waals surface area contributed by atoms with Crippen molar-refractivity contribution >= 4 is 73.9 Å². The van der Waals surface area contributed by atoms with Gasteiger partial charge in [0.15, 0.2) is 42.8 Å². The molecule has 0 aromatic heterocycles. The Kier molecular flexibility index (Phi) is 8.32. The summed E-state index contributed by atoms with van der Waals surface area (Å²) in [6.45, 7) is -8.01. The van der Waals surface area contributed by atoms with Crippen LogP contribution in [0.2, 0.25) is 0 Å². The third-order valence-electron chi connectivity index (χ3n) is 8.11. The minimum absolute atomic E-state index is 0.158. The van der Waals surface area contributed by atoms with Gasteiger partial charge in [-0.3, -0.25) is 38.5 Å². The first-order chi connectivity index (χ1) is 21.7. The van der Waals surface area contributed by atoms with Gasteiger partial charge in [0.1, 0.15) is 42.5 Å². The monoisotopic (exact) mass is 725 g/mol. The van der Waals surface area contributed by atoms with Gasteiger partial charge in [0, 0.05) is 0 Å². The molecule has 46 heavy (non-hydrogen) atoms. The van der Waals surface area contributed by atoms with Crippen molar-refractivity contribution in [2.24, 2.45) is 25.7 Å². The molecule has 7 aliphatic heterocycles. The second kappa shape index (κ2) is 11.8. The normalized spacial score (nSPS) is 48.7. The predicted molar refractivity (Wildman–Crippen MR) is 161 cm³/mol. The van der Waals surface area contributed by atoms with E-state index in [0.29, 0.717) is 5.84 Å². The van der Waals surface area contributed by atoms with Gasteiger partial charge in [-0.25, -0.2) is 14.5 Å². The van der Waals surface area contributed by atoms with E-state index in [1.807, 2.05) is 0 Å². The van der Waals surface area contributed by atoms with E-state index < -0.39 is 112 Å². The number of carbonyl (C=O) groups excluding carboxylic acids is 2. The number of ether oxygens (including phenoxy) is 2. The Morgan fingerprint density at radius 1 is 0.935 bits per heavy atom. The molecule has 7 N–H and O–H groups in total. The third kappa shape index (κ3) is 5.80. The van der Waals surface area contributed by atoms with Gasteiger partial charge >= 0.3 is 13.5 Å². The summed E-state index contributed by atoms with van der Waals surface area (Å²) in [5.74, 6) is -0.727. The summed E-state index contributed by atoms with van der Waals surface area (Å²) >= 11 is 9.31. The average molecular weight is 726 g/mol. The van der Waals surface area contributed by atoms with Crippen molar-refractivity contribution in [3.8, 4) is 0 Å². The molecule has 25 heteroatoms. The molecule has 7 aliphatic rings. The zero-order chi connectivity index (χ0) is 32.7. The number of aliphatic imine (C=N–C) groups is 4. The molecular formula is C21H29N9O12P2S2. The molecule has 6 unspecified atom stereocenters. The van der Waals surface area contributed by atoms with Crippen LogP contribution in [0.1, 0.15) is 6.92 Å². The number of hydrogen-bond acceptors (Lipinski definition) is 19. The fourth-order valence-electron chi connectivity index (χ4n) is 6.05. The summed E-state index contributed by atoms with van der Waals surface area (Å²) in [6, 6.07) is -1.87. The molecular weight excluding hydrogens is 696 g/mol. The molecule has 0 bridgehead atoms. The Morgan fingerprint density at radius 2 is 1.46 bits per heavy atom. The zero-order valence-electron chi connectivity index (χ0n) is 23.5. The Morgan fingerprint density at radius 3 is 2.07 bits per heavy atom. The van der Waals surface area contributed by atoms with E-state index in [1.165, 1.54) is 22.5 Å². The highest BCUT2D eigenvalue weighted by Crippen LogP contribution is 2.57. The molecule has 0 aromatic carbocycles. The molecule has 0 spiro atoms. The summed E-state index contributed by atoms with van der Waals surface area (Å²) in [7, 11) is 0. The van der Waals surface area contributed by atoms with Crippen LogP contribution < -0.4 is 16.4 Å². The van der Waals surface area contributed by atoms with E-state index in [9.17, 15) is 29.3 Å². The smallest absolute Gasteiger partial charge is 0.386 e. The first-order valence-electron chi connectivity index (χ1n) is 13.8. The lowest BCUT2D eigenvalue weighted by Gasteiger charge is -2.33. The van der Waals surface area contributed by atoms with E-state index in [-0.39, 0.29) is 5.96 Å². The van der Waals surface area contributed by atoms with Crippen LogP contribution >= 0.6 is 25.8 Å². The van der Waals surface area contributed by atoms with Crippen LogP contribution in [0, 0.1) is 0 Å². The van der Waals surface area contributed by atoms with Gasteiger partial charge in [-0.2, -0.15) is 0 Å². The van der Waals surface area contributed by atoms with Gasteiger partial charge in [0.05, 0.1) is 25.9 Å². The number of carbonyl (C=O) groups is 2. The molecule has 3 saturated heterocycles. The number of hydrogen-bond donors (Lipinski definition) is 7. The minimum Gasteiger partial charge on any atom is -0.386 e. The van der Waals surface area contributed by atoms with Crippen LogP contribution in [0.5, 0.6) is 0 Å². The molecule has 0 aromatic rings. The SMILES string of the molecule is CC1=NC2C(N=CN2[C@@H]2O[C@@H]3COP(O)(=S)O[C@H]4[C@@H](O)[C@H](N5C=NC6C(=O)NC(N)=NC65)O[C@@H]4COP(=O)(S)O[C@H]3[C@H]2O)C(=O)N1. The van der Waals surface area contributed by atoms with Gasteiger partial charge in [0.25, 0.3) is 11.8 Å². The van der Waals surface area contributed by atoms with Gasteiger partial charge < -0.3 is 50.0 Å². The van der Waals surface area contributed by atoms with Crippen molar-refractivity contribution in [3.63, 3.8) is 0 Å². The van der Waals surface area contributed by atoms with Gasteiger partial charge in [-0.15, -0.1) is 0 Å². The van der Waals surface area contributed by atoms with E-state index in [0.717, 1.165) is 0 Å². The quantitative estimate of drug-likeness (QED) is 0.107. The molecule has 0 aliphatic carbocycles. The average Bonchev–Trinajstić information content (AvgIpc) is 3.72. The topological polar surface area (TPSA) is 273 Å². The molecule has 7 heterocycles. The van der Waals surface area contributed by atoms with E-state index >= 15 is 0 Å². The number of aliphatic hydroxyl groups is 2. The number of fused-ring (bicyclic) bond motifs is 4. The number of nitrogens with two attached hydrogens (primary N) is 1. The van der Waals surface area contributed by atoms with Crippen molar-refractivity contribution in [2.75, 3.05) is 13.2 Å². The van der Waals surface area contributed by atoms with E-state index in [4.69, 9.17) is 45.1 Å². The molecule has 14 atom stereocenters. The maximum Gasteiger partial charge on any atom is 0.386 e. The predicted octanol–water partition coefficient (Wildman–Crippen LogP) is -3.70. The fourth-order valence-corrected chi connectivity index (χ4v) is 8.99. The lowest BCUT2D eigenvalue weighted by molar-refractivity contribution is -0.125. The first-order valence-corrected chi connectivity index (χ1v) is 19.1. The number of rotatable bonds is 2. The summed E-state index contributed by atoms with van der Waals surface area (Å²) in [5, 5.41) is 27.5. The van der Waals surface area contributed by atoms with E-state index in [2.05, 4.69) is 42.9 Å². The Bertz CT molecular complexity index is 1430. The van der Waals surface area contributed by atoms with Crippen LogP contribution in [0.3, 0.4) is 0 Å². The fraction of sp³-hybridized carbons (Fsp3) is 0.714. The first kappa shape index (κ1) is 32.4. The highest BCUT2D eigenvalue weighted by molar-refractivity contribution is 8.44. The van der Waals surface area contributed by atoms with Gasteiger partial charge in [0.2, 0.25) is 0 Å². The Balaban J connectivity index is 1.11. The Hall–Kier alpha value is -2.11. The van der Waals surface area contributed by atoms with Crippen LogP contribution in [0.4, 0.5) is 0 Å². The van der Waals surface area contributed by atoms with Crippen LogP contribution in [-0.2, 0) is 53.5 Å². The Labute approximate surface area is 270 Å². The highest BCUT2D eigenvalue weighted by Gasteiger charge is 2.57. The number of nitrogens with one attached hydrogen (secondary N) is 2. The third-order valence-corrected chi connectivity index (χ3v) is 11.3. The minimum atomic E-state index is -4.31. The van der Waals surface area contributed by atoms with Crippen molar-refractivity contribution in [1.29, 1.82) is 0 Å². The lowest BCUT2D eigenvalue weighted by atomic mass is 10.1. The molecule has 2 amide bonds. The molecule has 252 valence electrons. The van der Waals surface area contributed by atoms with Crippen molar-refractivity contribution in [3.05, 3.63) is 0 Å². The summed E-state index contributed by atoms with van der Waals surface area (Å²) in [6.07, 6.45) is -10.1.